The molecule has 0 spiro atoms. The third-order valence-corrected chi connectivity index (χ3v) is 0.548. The minimum absolute atomic E-state index is 1.68. The van der Waals surface area contributed by atoms with Crippen LogP contribution in [0.2, 0.25) is 0 Å². The van der Waals surface area contributed by atoms with Gasteiger partial charge in [0.15, 0.2) is 10.7 Å². The van der Waals surface area contributed by atoms with Crippen molar-refractivity contribution >= 4 is 11.4 Å². The highest BCUT2D eigenvalue weighted by Crippen LogP contribution is 1.87. The first-order valence-corrected chi connectivity index (χ1v) is 2.23. The molecule has 0 saturated carbocycles. The molecule has 0 amide bonds. The van der Waals surface area contributed by atoms with Crippen LogP contribution in [0.5, 0.6) is 0 Å². The van der Waals surface area contributed by atoms with E-state index >= 15 is 0 Å². The van der Waals surface area contributed by atoms with Crippen LogP contribution < -0.4 is 0 Å². The predicted molar refractivity (Wildman–Crippen MR) is 21.9 cm³/mol. The van der Waals surface area contributed by atoms with Gasteiger partial charge in [-0.15, -0.1) is 9.81 Å². The van der Waals surface area contributed by atoms with Crippen molar-refractivity contribution in [2.24, 2.45) is 10.7 Å². The number of hydrogen-bond donors (Lipinski definition) is 0. The summed E-state index contributed by atoms with van der Waals surface area (Å²) in [5.41, 5.74) is 0. The summed E-state index contributed by atoms with van der Waals surface area (Å²) in [7, 11) is 0. The fourth-order valence-electron chi connectivity index (χ4n) is 0.0633. The molecule has 0 aromatic rings. The van der Waals surface area contributed by atoms with E-state index in [9.17, 15) is 4.21 Å². The molecule has 0 fully saturated rings. The molecular formula is N2O5S. The highest BCUT2D eigenvalue weighted by atomic mass is 32.2. The average molecular weight is 140 g/mol. The number of nitrogens with zero attached hydrogens (tertiary/aromatic N) is 2. The molecule has 0 aliphatic carbocycles. The zero-order valence-electron chi connectivity index (χ0n) is 3.34. The first-order chi connectivity index (χ1) is 3.81. The van der Waals surface area contributed by atoms with Gasteiger partial charge in [0.1, 0.15) is 0 Å². The van der Waals surface area contributed by atoms with Gasteiger partial charge in [0.25, 0.3) is 0 Å². The predicted octanol–water partition coefficient (Wildman–Crippen LogP) is -0.0389. The van der Waals surface area contributed by atoms with Crippen LogP contribution in [0.1, 0.15) is 0 Å². The molecule has 0 unspecified atom stereocenters. The minimum Gasteiger partial charge on any atom is -0.218 e. The molecule has 0 bridgehead atoms. The summed E-state index contributed by atoms with van der Waals surface area (Å²) in [6.45, 7) is 0. The first-order valence-electron chi connectivity index (χ1n) is 1.23. The highest BCUT2D eigenvalue weighted by Gasteiger charge is 1.98. The second-order valence-corrected chi connectivity index (χ2v) is 1.21. The average Bonchev–Trinajstić information content (AvgIpc) is 1.68. The van der Waals surface area contributed by atoms with E-state index in [1.165, 1.54) is 0 Å². The molecule has 0 N–H and O–H groups in total. The van der Waals surface area contributed by atoms with Gasteiger partial charge in [-0.2, -0.15) is 4.21 Å². The van der Waals surface area contributed by atoms with Crippen molar-refractivity contribution in [1.82, 2.24) is 0 Å². The molecule has 0 aromatic carbocycles. The van der Waals surface area contributed by atoms with Gasteiger partial charge < -0.3 is 0 Å². The first kappa shape index (κ1) is 6.95. The minimum atomic E-state index is -2.48. The molecule has 0 heterocycles. The maximum absolute atomic E-state index is 9.72. The molecule has 8 heteroatoms. The summed E-state index contributed by atoms with van der Waals surface area (Å²) in [4.78, 5) is 18.0. The van der Waals surface area contributed by atoms with E-state index in [1.54, 1.807) is 10.7 Å². The zero-order valence-corrected chi connectivity index (χ0v) is 4.16. The second-order valence-electron chi connectivity index (χ2n) is 0.502. The molecule has 46 valence electrons. The van der Waals surface area contributed by atoms with Crippen LogP contribution in [-0.2, 0) is 19.9 Å². The molecular weight excluding hydrogens is 140 g/mol. The summed E-state index contributed by atoms with van der Waals surface area (Å²) < 4.78 is 16.3. The number of rotatable bonds is 4. The summed E-state index contributed by atoms with van der Waals surface area (Å²) in [6, 6.07) is 0. The molecule has 0 aliphatic heterocycles. The van der Waals surface area contributed by atoms with E-state index in [1.807, 2.05) is 0 Å². The molecule has 8 heavy (non-hydrogen) atoms. The van der Waals surface area contributed by atoms with Crippen molar-refractivity contribution in [3.8, 4) is 0 Å². The van der Waals surface area contributed by atoms with Crippen molar-refractivity contribution in [2.75, 3.05) is 0 Å². The Bertz CT molecular complexity index is 97.0. The standard InChI is InChI=1S/N2O5S/c3-1-6-8(5)7-2-4. The fourth-order valence-corrected chi connectivity index (χ4v) is 0.190. The SMILES string of the molecule is O=NOS(=O)ON=O. The monoisotopic (exact) mass is 140 g/mol. The van der Waals surface area contributed by atoms with E-state index in [0.717, 1.165) is 0 Å². The lowest BCUT2D eigenvalue weighted by Crippen LogP contribution is -1.89. The lowest BCUT2D eigenvalue weighted by molar-refractivity contribution is 0.262. The van der Waals surface area contributed by atoms with E-state index in [4.69, 9.17) is 9.81 Å². The molecule has 0 aliphatic rings. The molecule has 0 rings (SSSR count). The third-order valence-electron chi connectivity index (χ3n) is 0.183. The van der Waals surface area contributed by atoms with Gasteiger partial charge in [0.2, 0.25) is 0 Å². The second kappa shape index (κ2) is 4.12. The third kappa shape index (κ3) is 3.15. The van der Waals surface area contributed by atoms with Crippen molar-refractivity contribution in [3.05, 3.63) is 9.81 Å². The van der Waals surface area contributed by atoms with Gasteiger partial charge in [-0.3, -0.25) is 0 Å². The maximum atomic E-state index is 9.72. The normalized spacial score (nSPS) is 8.12. The van der Waals surface area contributed by atoms with Crippen LogP contribution in [0, 0.1) is 9.81 Å². The largest absolute Gasteiger partial charge is 0.465 e. The molecule has 0 radical (unpaired) electrons. The van der Waals surface area contributed by atoms with Gasteiger partial charge in [-0.25, -0.2) is 8.57 Å². The van der Waals surface area contributed by atoms with Crippen molar-refractivity contribution in [2.45, 2.75) is 0 Å². The van der Waals surface area contributed by atoms with Crippen LogP contribution in [-0.4, -0.2) is 4.21 Å². The highest BCUT2D eigenvalue weighted by molar-refractivity contribution is 7.75. The molecule has 0 aromatic heterocycles. The van der Waals surface area contributed by atoms with Crippen molar-refractivity contribution < 1.29 is 12.8 Å². The maximum Gasteiger partial charge on any atom is 0.465 e. The van der Waals surface area contributed by atoms with Crippen molar-refractivity contribution in [3.63, 3.8) is 0 Å². The quantitative estimate of drug-likeness (QED) is 0.403. The van der Waals surface area contributed by atoms with Gasteiger partial charge >= 0.3 is 11.4 Å². The van der Waals surface area contributed by atoms with Crippen LogP contribution in [0.4, 0.5) is 0 Å². The Balaban J connectivity index is 3.32. The van der Waals surface area contributed by atoms with Crippen LogP contribution in [0.3, 0.4) is 0 Å². The van der Waals surface area contributed by atoms with E-state index < -0.39 is 11.4 Å². The number of hydrogen-bond acceptors (Lipinski definition) is 7. The molecule has 0 atom stereocenters. The van der Waals surface area contributed by atoms with Gasteiger partial charge in [-0.05, 0) is 0 Å². The smallest absolute Gasteiger partial charge is 0.218 e. The van der Waals surface area contributed by atoms with E-state index in [0.29, 0.717) is 0 Å². The van der Waals surface area contributed by atoms with Gasteiger partial charge in [-0.1, -0.05) is 0 Å². The topological polar surface area (TPSA) is 94.4 Å². The zero-order chi connectivity index (χ0) is 6.41. The Hall–Kier alpha value is -1.05. The van der Waals surface area contributed by atoms with Crippen LogP contribution in [0.25, 0.3) is 0 Å². The Labute approximate surface area is 45.7 Å². The van der Waals surface area contributed by atoms with Gasteiger partial charge in [0.05, 0.1) is 0 Å². The van der Waals surface area contributed by atoms with E-state index in [-0.39, 0.29) is 0 Å². The fraction of sp³-hybridized carbons (Fsp3) is 0. The van der Waals surface area contributed by atoms with Crippen LogP contribution in [0.15, 0.2) is 10.7 Å². The summed E-state index contributed by atoms with van der Waals surface area (Å²) in [5.74, 6) is 0. The molecule has 0 saturated heterocycles. The Morgan fingerprint density at radius 1 is 1.12 bits per heavy atom. The van der Waals surface area contributed by atoms with Crippen molar-refractivity contribution in [1.29, 1.82) is 0 Å². The van der Waals surface area contributed by atoms with Crippen LogP contribution >= 0.6 is 0 Å². The Morgan fingerprint density at radius 2 is 1.50 bits per heavy atom. The summed E-state index contributed by atoms with van der Waals surface area (Å²) >= 11 is -2.48. The summed E-state index contributed by atoms with van der Waals surface area (Å²) in [5, 5.41) is 3.36. The Kier molecular flexibility index (Phi) is 3.58. The molecule has 7 nitrogen and oxygen atoms in total. The van der Waals surface area contributed by atoms with E-state index in [2.05, 4.69) is 8.57 Å². The lowest BCUT2D eigenvalue weighted by Gasteiger charge is -1.82. The van der Waals surface area contributed by atoms with Gasteiger partial charge in [0, 0.05) is 0 Å². The summed E-state index contributed by atoms with van der Waals surface area (Å²) in [6.07, 6.45) is 0. The lowest BCUT2D eigenvalue weighted by atomic mass is 13.4. The Morgan fingerprint density at radius 3 is 1.75 bits per heavy atom.